The predicted molar refractivity (Wildman–Crippen MR) is 125 cm³/mol. The van der Waals surface area contributed by atoms with Crippen LogP contribution < -0.4 is 14.8 Å². The lowest BCUT2D eigenvalue weighted by Crippen LogP contribution is -2.34. The van der Waals surface area contributed by atoms with Gasteiger partial charge in [-0.25, -0.2) is 9.97 Å². The number of ether oxygens (including phenoxy) is 2. The number of hydrogen-bond donors (Lipinski definition) is 1. The van der Waals surface area contributed by atoms with Crippen molar-refractivity contribution in [2.24, 2.45) is 5.92 Å². The third-order valence-corrected chi connectivity index (χ3v) is 5.95. The van der Waals surface area contributed by atoms with Gasteiger partial charge in [-0.05, 0) is 68.6 Å². The van der Waals surface area contributed by atoms with Crippen LogP contribution >= 0.6 is 0 Å². The molecule has 0 atom stereocenters. The first-order chi connectivity index (χ1) is 15.7. The lowest BCUT2D eigenvalue weighted by atomic mass is 9.99. The molecule has 1 saturated heterocycles. The molecule has 2 aromatic carbocycles. The van der Waals surface area contributed by atoms with Gasteiger partial charge in [0.25, 0.3) is 0 Å². The third-order valence-electron chi connectivity index (χ3n) is 5.95. The molecule has 2 heterocycles. The number of rotatable bonds is 8. The van der Waals surface area contributed by atoms with Crippen LogP contribution in [0.1, 0.15) is 31.7 Å². The molecule has 4 rings (SSSR count). The molecule has 1 aliphatic heterocycles. The van der Waals surface area contributed by atoms with Crippen molar-refractivity contribution in [3.8, 4) is 17.6 Å². The first kappa shape index (κ1) is 21.8. The fourth-order valence-corrected chi connectivity index (χ4v) is 3.96. The van der Waals surface area contributed by atoms with E-state index in [9.17, 15) is 0 Å². The van der Waals surface area contributed by atoms with Gasteiger partial charge in [-0.1, -0.05) is 6.92 Å². The normalized spacial score (nSPS) is 14.8. The Morgan fingerprint density at radius 1 is 1.12 bits per heavy atom. The maximum atomic E-state index is 8.98. The summed E-state index contributed by atoms with van der Waals surface area (Å²) in [6, 6.07) is 13.2. The van der Waals surface area contributed by atoms with E-state index in [4.69, 9.17) is 14.7 Å². The number of anilines is 2. The van der Waals surface area contributed by atoms with Gasteiger partial charge in [-0.15, -0.1) is 0 Å². The van der Waals surface area contributed by atoms with Crippen molar-refractivity contribution in [3.05, 3.63) is 48.3 Å². The van der Waals surface area contributed by atoms with Crippen LogP contribution in [0.5, 0.6) is 11.5 Å². The molecule has 0 spiro atoms. The second-order valence-electron chi connectivity index (χ2n) is 8.28. The minimum atomic E-state index is 0.612. The van der Waals surface area contributed by atoms with Crippen LogP contribution in [0.25, 0.3) is 10.9 Å². The average molecular weight is 432 g/mol. The van der Waals surface area contributed by atoms with Crippen molar-refractivity contribution < 1.29 is 9.47 Å². The fraction of sp³-hybridized carbons (Fsp3) is 0.400. The number of likely N-dealkylation sites (tertiary alicyclic amines) is 1. The van der Waals surface area contributed by atoms with E-state index >= 15 is 0 Å². The highest BCUT2D eigenvalue weighted by atomic mass is 16.5. The van der Waals surface area contributed by atoms with Gasteiger partial charge in [-0.2, -0.15) is 5.26 Å². The molecular formula is C25H29N5O2. The SMILES string of the molecule is COc1cc2c(Nc3ccc(C#N)cc3)ncnc2cc1OCCCN1CCC(C)CC1. The molecule has 0 amide bonds. The van der Waals surface area contributed by atoms with Crippen molar-refractivity contribution in [2.45, 2.75) is 26.2 Å². The maximum Gasteiger partial charge on any atom is 0.163 e. The molecule has 0 unspecified atom stereocenters. The molecule has 1 aromatic heterocycles. The monoisotopic (exact) mass is 431 g/mol. The second-order valence-corrected chi connectivity index (χ2v) is 8.28. The van der Waals surface area contributed by atoms with Crippen molar-refractivity contribution in [1.82, 2.24) is 14.9 Å². The van der Waals surface area contributed by atoms with E-state index in [1.54, 1.807) is 19.2 Å². The highest BCUT2D eigenvalue weighted by molar-refractivity contribution is 5.93. The van der Waals surface area contributed by atoms with Crippen molar-refractivity contribution in [3.63, 3.8) is 0 Å². The molecule has 0 saturated carbocycles. The standard InChI is InChI=1S/C25H29N5O2/c1-18-8-11-30(12-9-18)10-3-13-32-24-15-22-21(14-23(24)31-2)25(28-17-27-22)29-20-6-4-19(16-26)5-7-20/h4-7,14-15,17-18H,3,8-13H2,1-2H3,(H,27,28,29). The quantitative estimate of drug-likeness (QED) is 0.515. The Balaban J connectivity index is 1.44. The fourth-order valence-electron chi connectivity index (χ4n) is 3.96. The van der Waals surface area contributed by atoms with Gasteiger partial charge in [0.1, 0.15) is 12.1 Å². The van der Waals surface area contributed by atoms with Crippen LogP contribution in [0.4, 0.5) is 11.5 Å². The zero-order valence-corrected chi connectivity index (χ0v) is 18.7. The first-order valence-electron chi connectivity index (χ1n) is 11.1. The van der Waals surface area contributed by atoms with E-state index in [0.717, 1.165) is 35.5 Å². The number of methoxy groups -OCH3 is 1. The highest BCUT2D eigenvalue weighted by Crippen LogP contribution is 2.34. The minimum absolute atomic E-state index is 0.612. The Hall–Kier alpha value is -3.37. The lowest BCUT2D eigenvalue weighted by molar-refractivity contribution is 0.176. The summed E-state index contributed by atoms with van der Waals surface area (Å²) in [6.07, 6.45) is 5.09. The topological polar surface area (TPSA) is 83.3 Å². The number of piperidine rings is 1. The Morgan fingerprint density at radius 2 is 1.91 bits per heavy atom. The predicted octanol–water partition coefficient (Wildman–Crippen LogP) is 4.75. The molecule has 166 valence electrons. The van der Waals surface area contributed by atoms with Crippen LogP contribution in [0.2, 0.25) is 0 Å². The number of aromatic nitrogens is 2. The molecule has 1 aliphatic rings. The van der Waals surface area contributed by atoms with E-state index in [2.05, 4.69) is 33.2 Å². The average Bonchev–Trinajstić information content (AvgIpc) is 2.83. The summed E-state index contributed by atoms with van der Waals surface area (Å²) in [5.74, 6) is 2.86. The van der Waals surface area contributed by atoms with Gasteiger partial charge in [0, 0.05) is 23.7 Å². The molecule has 0 aliphatic carbocycles. The smallest absolute Gasteiger partial charge is 0.163 e. The highest BCUT2D eigenvalue weighted by Gasteiger charge is 2.16. The van der Waals surface area contributed by atoms with E-state index in [1.807, 2.05) is 24.3 Å². The molecule has 7 heteroatoms. The number of nitriles is 1. The Kier molecular flexibility index (Phi) is 7.03. The van der Waals surface area contributed by atoms with Crippen LogP contribution in [-0.4, -0.2) is 48.2 Å². The van der Waals surface area contributed by atoms with Crippen LogP contribution in [0, 0.1) is 17.2 Å². The third kappa shape index (κ3) is 5.27. The number of nitrogens with one attached hydrogen (secondary N) is 1. The maximum absolute atomic E-state index is 8.98. The molecular weight excluding hydrogens is 402 g/mol. The number of benzene rings is 2. The largest absolute Gasteiger partial charge is 0.493 e. The minimum Gasteiger partial charge on any atom is -0.493 e. The number of nitrogens with zero attached hydrogens (tertiary/aromatic N) is 4. The summed E-state index contributed by atoms with van der Waals surface area (Å²) in [6.45, 7) is 6.40. The van der Waals surface area contributed by atoms with Gasteiger partial charge < -0.3 is 19.7 Å². The second kappa shape index (κ2) is 10.3. The lowest BCUT2D eigenvalue weighted by Gasteiger charge is -2.30. The molecule has 3 aromatic rings. The van der Waals surface area contributed by atoms with Crippen molar-refractivity contribution in [2.75, 3.05) is 38.7 Å². The molecule has 32 heavy (non-hydrogen) atoms. The summed E-state index contributed by atoms with van der Waals surface area (Å²) < 4.78 is 11.7. The van der Waals surface area contributed by atoms with E-state index < -0.39 is 0 Å². The van der Waals surface area contributed by atoms with Crippen LogP contribution in [-0.2, 0) is 0 Å². The Bertz CT molecular complexity index is 1090. The van der Waals surface area contributed by atoms with Gasteiger partial charge in [0.15, 0.2) is 11.5 Å². The van der Waals surface area contributed by atoms with E-state index in [0.29, 0.717) is 29.5 Å². The summed E-state index contributed by atoms with van der Waals surface area (Å²) in [5, 5.41) is 13.1. The Morgan fingerprint density at radius 3 is 2.62 bits per heavy atom. The summed E-state index contributed by atoms with van der Waals surface area (Å²) in [5.41, 5.74) is 2.23. The zero-order valence-electron chi connectivity index (χ0n) is 18.7. The molecule has 1 N–H and O–H groups in total. The van der Waals surface area contributed by atoms with Crippen LogP contribution in [0.3, 0.4) is 0 Å². The van der Waals surface area contributed by atoms with Gasteiger partial charge >= 0.3 is 0 Å². The van der Waals surface area contributed by atoms with Gasteiger partial charge in [0.05, 0.1) is 30.9 Å². The zero-order chi connectivity index (χ0) is 22.3. The number of fused-ring (bicyclic) bond motifs is 1. The summed E-state index contributed by atoms with van der Waals surface area (Å²) in [7, 11) is 1.64. The summed E-state index contributed by atoms with van der Waals surface area (Å²) in [4.78, 5) is 11.3. The van der Waals surface area contributed by atoms with Gasteiger partial charge in [-0.3, -0.25) is 0 Å². The molecule has 0 radical (unpaired) electrons. The Labute approximate surface area is 189 Å². The first-order valence-corrected chi connectivity index (χ1v) is 11.1. The van der Waals surface area contributed by atoms with E-state index in [-0.39, 0.29) is 0 Å². The molecule has 1 fully saturated rings. The van der Waals surface area contributed by atoms with Gasteiger partial charge in [0.2, 0.25) is 0 Å². The molecule has 7 nitrogen and oxygen atoms in total. The van der Waals surface area contributed by atoms with Crippen molar-refractivity contribution >= 4 is 22.4 Å². The van der Waals surface area contributed by atoms with Crippen molar-refractivity contribution in [1.29, 1.82) is 5.26 Å². The number of hydrogen-bond acceptors (Lipinski definition) is 7. The summed E-state index contributed by atoms with van der Waals surface area (Å²) >= 11 is 0. The van der Waals surface area contributed by atoms with Crippen LogP contribution in [0.15, 0.2) is 42.7 Å². The molecule has 0 bridgehead atoms. The van der Waals surface area contributed by atoms with E-state index in [1.165, 1.54) is 32.3 Å².